The number of aromatic nitrogens is 1. The molecule has 0 bridgehead atoms. The molecule has 5 heteroatoms. The minimum atomic E-state index is -0.0437. The van der Waals surface area contributed by atoms with Crippen molar-refractivity contribution in [3.63, 3.8) is 0 Å². The zero-order chi connectivity index (χ0) is 14.5. The van der Waals surface area contributed by atoms with Crippen molar-refractivity contribution in [3.05, 3.63) is 63.9 Å². The molecule has 0 spiro atoms. The molecule has 0 saturated heterocycles. The molecule has 2 rings (SSSR count). The van der Waals surface area contributed by atoms with Crippen LogP contribution in [-0.2, 0) is 13.1 Å². The summed E-state index contributed by atoms with van der Waals surface area (Å²) in [5.41, 5.74) is 7.93. The summed E-state index contributed by atoms with van der Waals surface area (Å²) in [6.45, 7) is 0.871. The number of benzene rings is 1. The van der Waals surface area contributed by atoms with Crippen molar-refractivity contribution >= 4 is 21.8 Å². The number of pyridine rings is 1. The standard InChI is InChI=1S/C15H16BrN3O/c1-19(10-12-4-2-3-5-14(12)16)15(20)11-6-7-18-13(8-11)9-17/h2-8H,9-10,17H2,1H3. The molecule has 104 valence electrons. The lowest BCUT2D eigenvalue weighted by atomic mass is 10.1. The van der Waals surface area contributed by atoms with Crippen LogP contribution < -0.4 is 5.73 Å². The number of carbonyl (C=O) groups is 1. The van der Waals surface area contributed by atoms with Crippen LogP contribution in [0.2, 0.25) is 0 Å². The van der Waals surface area contributed by atoms with Crippen LogP contribution in [0, 0.1) is 0 Å². The van der Waals surface area contributed by atoms with E-state index in [0.717, 1.165) is 10.0 Å². The van der Waals surface area contributed by atoms with Crippen molar-refractivity contribution < 1.29 is 4.79 Å². The molecule has 2 N–H and O–H groups in total. The van der Waals surface area contributed by atoms with Gasteiger partial charge in [0.15, 0.2) is 0 Å². The maximum atomic E-state index is 12.4. The lowest BCUT2D eigenvalue weighted by Gasteiger charge is -2.18. The van der Waals surface area contributed by atoms with Crippen molar-refractivity contribution in [2.75, 3.05) is 7.05 Å². The van der Waals surface area contributed by atoms with E-state index in [1.807, 2.05) is 24.3 Å². The van der Waals surface area contributed by atoms with Crippen LogP contribution in [-0.4, -0.2) is 22.8 Å². The van der Waals surface area contributed by atoms with Gasteiger partial charge in [-0.3, -0.25) is 9.78 Å². The summed E-state index contributed by atoms with van der Waals surface area (Å²) < 4.78 is 0.997. The van der Waals surface area contributed by atoms with E-state index in [-0.39, 0.29) is 5.91 Å². The third kappa shape index (κ3) is 3.43. The second-order valence-electron chi connectivity index (χ2n) is 4.49. The minimum Gasteiger partial charge on any atom is -0.337 e. The smallest absolute Gasteiger partial charge is 0.254 e. The first-order chi connectivity index (χ1) is 9.61. The Balaban J connectivity index is 2.14. The highest BCUT2D eigenvalue weighted by Gasteiger charge is 2.13. The predicted molar refractivity (Wildman–Crippen MR) is 82.1 cm³/mol. The van der Waals surface area contributed by atoms with Crippen molar-refractivity contribution in [2.45, 2.75) is 13.1 Å². The molecule has 4 nitrogen and oxygen atoms in total. The fourth-order valence-electron chi connectivity index (χ4n) is 1.90. The Morgan fingerprint density at radius 2 is 2.10 bits per heavy atom. The molecule has 0 aliphatic carbocycles. The number of rotatable bonds is 4. The fourth-order valence-corrected chi connectivity index (χ4v) is 2.31. The number of nitrogens with two attached hydrogens (primary N) is 1. The number of hydrogen-bond acceptors (Lipinski definition) is 3. The molecule has 0 radical (unpaired) electrons. The summed E-state index contributed by atoms with van der Waals surface area (Å²) in [7, 11) is 1.78. The Labute approximate surface area is 126 Å². The van der Waals surface area contributed by atoms with Crippen molar-refractivity contribution in [3.8, 4) is 0 Å². The number of halogens is 1. The Hall–Kier alpha value is -1.72. The number of hydrogen-bond donors (Lipinski definition) is 1. The normalized spacial score (nSPS) is 10.3. The van der Waals surface area contributed by atoms with E-state index in [1.54, 1.807) is 30.3 Å². The molecule has 1 aromatic heterocycles. The van der Waals surface area contributed by atoms with Crippen LogP contribution in [0.5, 0.6) is 0 Å². The Morgan fingerprint density at radius 3 is 2.80 bits per heavy atom. The molecule has 20 heavy (non-hydrogen) atoms. The van der Waals surface area contributed by atoms with Crippen LogP contribution in [0.15, 0.2) is 47.1 Å². The molecule has 1 aromatic carbocycles. The first kappa shape index (κ1) is 14.7. The lowest BCUT2D eigenvalue weighted by molar-refractivity contribution is 0.0784. The number of carbonyl (C=O) groups excluding carboxylic acids is 1. The zero-order valence-corrected chi connectivity index (χ0v) is 12.8. The molecule has 0 unspecified atom stereocenters. The third-order valence-electron chi connectivity index (χ3n) is 2.98. The Morgan fingerprint density at radius 1 is 1.35 bits per heavy atom. The Kier molecular flexibility index (Phi) is 4.87. The first-order valence-corrected chi connectivity index (χ1v) is 7.05. The van der Waals surface area contributed by atoms with Gasteiger partial charge < -0.3 is 10.6 Å². The first-order valence-electron chi connectivity index (χ1n) is 6.25. The average Bonchev–Trinajstić information content (AvgIpc) is 2.48. The second kappa shape index (κ2) is 6.63. The highest BCUT2D eigenvalue weighted by atomic mass is 79.9. The Bertz CT molecular complexity index is 616. The van der Waals surface area contributed by atoms with Gasteiger partial charge in [0, 0.05) is 36.4 Å². The van der Waals surface area contributed by atoms with Crippen LogP contribution >= 0.6 is 15.9 Å². The maximum Gasteiger partial charge on any atom is 0.254 e. The van der Waals surface area contributed by atoms with Crippen LogP contribution in [0.4, 0.5) is 0 Å². The zero-order valence-electron chi connectivity index (χ0n) is 11.2. The summed E-state index contributed by atoms with van der Waals surface area (Å²) in [4.78, 5) is 18.1. The predicted octanol–water partition coefficient (Wildman–Crippen LogP) is 2.58. The van der Waals surface area contributed by atoms with Gasteiger partial charge >= 0.3 is 0 Å². The molecular formula is C15H16BrN3O. The number of amides is 1. The molecule has 0 saturated carbocycles. The minimum absolute atomic E-state index is 0.0437. The van der Waals surface area contributed by atoms with E-state index in [1.165, 1.54) is 0 Å². The monoisotopic (exact) mass is 333 g/mol. The largest absolute Gasteiger partial charge is 0.337 e. The van der Waals surface area contributed by atoms with E-state index >= 15 is 0 Å². The average molecular weight is 334 g/mol. The van der Waals surface area contributed by atoms with E-state index < -0.39 is 0 Å². The highest BCUT2D eigenvalue weighted by molar-refractivity contribution is 9.10. The van der Waals surface area contributed by atoms with Crippen molar-refractivity contribution in [1.29, 1.82) is 0 Å². The highest BCUT2D eigenvalue weighted by Crippen LogP contribution is 2.18. The van der Waals surface area contributed by atoms with Crippen LogP contribution in [0.3, 0.4) is 0 Å². The molecule has 0 fully saturated rings. The summed E-state index contributed by atoms with van der Waals surface area (Å²) in [5, 5.41) is 0. The van der Waals surface area contributed by atoms with Gasteiger partial charge in [-0.15, -0.1) is 0 Å². The van der Waals surface area contributed by atoms with Gasteiger partial charge in [-0.25, -0.2) is 0 Å². The molecule has 0 aliphatic rings. The number of nitrogens with zero attached hydrogens (tertiary/aromatic N) is 2. The summed E-state index contributed by atoms with van der Waals surface area (Å²) >= 11 is 3.49. The van der Waals surface area contributed by atoms with Gasteiger partial charge in [0.25, 0.3) is 5.91 Å². The van der Waals surface area contributed by atoms with Crippen molar-refractivity contribution in [2.24, 2.45) is 5.73 Å². The quantitative estimate of drug-likeness (QED) is 0.935. The fraction of sp³-hybridized carbons (Fsp3) is 0.200. The summed E-state index contributed by atoms with van der Waals surface area (Å²) in [6, 6.07) is 11.3. The molecule has 1 amide bonds. The van der Waals surface area contributed by atoms with Gasteiger partial charge in [0.05, 0.1) is 5.69 Å². The van der Waals surface area contributed by atoms with Gasteiger partial charge in [-0.2, -0.15) is 0 Å². The van der Waals surface area contributed by atoms with E-state index in [2.05, 4.69) is 20.9 Å². The second-order valence-corrected chi connectivity index (χ2v) is 5.35. The molecule has 2 aromatic rings. The lowest BCUT2D eigenvalue weighted by Crippen LogP contribution is -2.26. The van der Waals surface area contributed by atoms with Crippen molar-refractivity contribution in [1.82, 2.24) is 9.88 Å². The summed E-state index contributed by atoms with van der Waals surface area (Å²) in [6.07, 6.45) is 1.61. The van der Waals surface area contributed by atoms with Gasteiger partial charge in [-0.05, 0) is 23.8 Å². The third-order valence-corrected chi connectivity index (χ3v) is 3.76. The molecular weight excluding hydrogens is 318 g/mol. The topological polar surface area (TPSA) is 59.2 Å². The van der Waals surface area contributed by atoms with E-state index in [4.69, 9.17) is 5.73 Å². The van der Waals surface area contributed by atoms with E-state index in [0.29, 0.717) is 24.3 Å². The van der Waals surface area contributed by atoms with Gasteiger partial charge in [0.1, 0.15) is 0 Å². The van der Waals surface area contributed by atoms with Crippen LogP contribution in [0.25, 0.3) is 0 Å². The van der Waals surface area contributed by atoms with E-state index in [9.17, 15) is 4.79 Å². The maximum absolute atomic E-state index is 12.4. The molecule has 1 heterocycles. The van der Waals surface area contributed by atoms with Gasteiger partial charge in [0.2, 0.25) is 0 Å². The SMILES string of the molecule is CN(Cc1ccccc1Br)C(=O)c1ccnc(CN)c1. The van der Waals surface area contributed by atoms with Gasteiger partial charge in [-0.1, -0.05) is 34.1 Å². The van der Waals surface area contributed by atoms with Crippen LogP contribution in [0.1, 0.15) is 21.6 Å². The molecule has 0 aliphatic heterocycles. The molecule has 0 atom stereocenters. The summed E-state index contributed by atoms with van der Waals surface area (Å²) in [5.74, 6) is -0.0437.